The maximum atomic E-state index is 11.4. The summed E-state index contributed by atoms with van der Waals surface area (Å²) in [6.45, 7) is 3.85. The molecule has 0 aliphatic rings. The molecule has 1 N–H and O–H groups in total. The predicted octanol–water partition coefficient (Wildman–Crippen LogP) is 3.89. The summed E-state index contributed by atoms with van der Waals surface area (Å²) in [6.07, 6.45) is 0. The molecule has 0 bridgehead atoms. The number of amides is 1. The Morgan fingerprint density at radius 1 is 1.14 bits per heavy atom. The quantitative estimate of drug-likeness (QED) is 0.821. The first-order valence-electron chi connectivity index (χ1n) is 6.97. The molecular weight excluding hydrogens is 284 g/mol. The van der Waals surface area contributed by atoms with Crippen LogP contribution in [-0.4, -0.2) is 18.3 Å². The van der Waals surface area contributed by atoms with E-state index >= 15 is 0 Å². The molecule has 3 nitrogen and oxygen atoms in total. The Morgan fingerprint density at radius 3 is 2.57 bits per heavy atom. The Morgan fingerprint density at radius 2 is 1.90 bits per heavy atom. The first-order valence-corrected chi connectivity index (χ1v) is 7.51. The molecule has 0 fully saturated rings. The van der Waals surface area contributed by atoms with Gasteiger partial charge in [-0.05, 0) is 30.7 Å². The highest BCUT2D eigenvalue weighted by Gasteiger charge is 2.07. The lowest BCUT2D eigenvalue weighted by molar-refractivity contribution is -0.113. The van der Waals surface area contributed by atoms with Crippen LogP contribution in [0, 0.1) is 0 Å². The largest absolute Gasteiger partial charge is 0.367 e. The number of halogens is 1. The topological polar surface area (TPSA) is 32.3 Å². The molecule has 2 aromatic carbocycles. The van der Waals surface area contributed by atoms with Crippen molar-refractivity contribution in [1.29, 1.82) is 0 Å². The molecule has 0 saturated heterocycles. The molecule has 0 aliphatic heterocycles. The number of carbonyl (C=O) groups excluding carboxylic acids is 1. The van der Waals surface area contributed by atoms with Gasteiger partial charge in [0, 0.05) is 24.5 Å². The third-order valence-corrected chi connectivity index (χ3v) is 3.46. The van der Waals surface area contributed by atoms with Crippen molar-refractivity contribution in [3.63, 3.8) is 0 Å². The van der Waals surface area contributed by atoms with Crippen molar-refractivity contribution < 1.29 is 4.79 Å². The van der Waals surface area contributed by atoms with Gasteiger partial charge in [-0.15, -0.1) is 11.6 Å². The number of hydrogen-bond donors (Lipinski definition) is 1. The van der Waals surface area contributed by atoms with Crippen molar-refractivity contribution >= 4 is 28.9 Å². The SMILES string of the molecule is CCN(Cc1ccccc1)c1cccc(NC(=O)CCl)c1. The van der Waals surface area contributed by atoms with Gasteiger partial charge in [-0.3, -0.25) is 4.79 Å². The molecule has 0 aliphatic carbocycles. The van der Waals surface area contributed by atoms with Gasteiger partial charge in [0.25, 0.3) is 0 Å². The summed E-state index contributed by atoms with van der Waals surface area (Å²) in [7, 11) is 0. The minimum atomic E-state index is -0.195. The maximum absolute atomic E-state index is 11.4. The molecule has 0 atom stereocenters. The minimum absolute atomic E-state index is 0.0360. The molecule has 21 heavy (non-hydrogen) atoms. The Kier molecular flexibility index (Phi) is 5.64. The number of carbonyl (C=O) groups is 1. The summed E-state index contributed by atoms with van der Waals surface area (Å²) in [4.78, 5) is 13.6. The van der Waals surface area contributed by atoms with E-state index in [-0.39, 0.29) is 11.8 Å². The second-order valence-electron chi connectivity index (χ2n) is 4.73. The van der Waals surface area contributed by atoms with Crippen LogP contribution < -0.4 is 10.2 Å². The van der Waals surface area contributed by atoms with Crippen LogP contribution in [0.5, 0.6) is 0 Å². The van der Waals surface area contributed by atoms with Gasteiger partial charge in [0.05, 0.1) is 0 Å². The zero-order valence-corrected chi connectivity index (χ0v) is 12.8. The van der Waals surface area contributed by atoms with Gasteiger partial charge in [0.1, 0.15) is 5.88 Å². The molecular formula is C17H19ClN2O. The molecule has 0 saturated carbocycles. The zero-order chi connectivity index (χ0) is 15.1. The Hall–Kier alpha value is -2.00. The molecule has 0 heterocycles. The van der Waals surface area contributed by atoms with Crippen LogP contribution in [0.1, 0.15) is 12.5 Å². The van der Waals surface area contributed by atoms with Gasteiger partial charge < -0.3 is 10.2 Å². The molecule has 1 amide bonds. The van der Waals surface area contributed by atoms with Crippen molar-refractivity contribution in [2.24, 2.45) is 0 Å². The molecule has 4 heteroatoms. The van der Waals surface area contributed by atoms with Crippen LogP contribution in [0.3, 0.4) is 0 Å². The van der Waals surface area contributed by atoms with E-state index in [0.717, 1.165) is 24.5 Å². The molecule has 0 unspecified atom stereocenters. The van der Waals surface area contributed by atoms with Crippen LogP contribution in [0.2, 0.25) is 0 Å². The number of rotatable bonds is 6. The second kappa shape index (κ2) is 7.70. The van der Waals surface area contributed by atoms with Crippen molar-refractivity contribution in [2.45, 2.75) is 13.5 Å². The lowest BCUT2D eigenvalue weighted by Crippen LogP contribution is -2.22. The van der Waals surface area contributed by atoms with E-state index < -0.39 is 0 Å². The van der Waals surface area contributed by atoms with Gasteiger partial charge in [-0.2, -0.15) is 0 Å². The Balaban J connectivity index is 2.14. The van der Waals surface area contributed by atoms with Crippen molar-refractivity contribution in [1.82, 2.24) is 0 Å². The van der Waals surface area contributed by atoms with Crippen LogP contribution in [0.25, 0.3) is 0 Å². The summed E-state index contributed by atoms with van der Waals surface area (Å²) in [6, 6.07) is 18.1. The summed E-state index contributed by atoms with van der Waals surface area (Å²) in [5.41, 5.74) is 3.10. The highest BCUT2D eigenvalue weighted by molar-refractivity contribution is 6.29. The third kappa shape index (κ3) is 4.50. The monoisotopic (exact) mass is 302 g/mol. The smallest absolute Gasteiger partial charge is 0.239 e. The highest BCUT2D eigenvalue weighted by Crippen LogP contribution is 2.21. The number of nitrogens with one attached hydrogen (secondary N) is 1. The first kappa shape index (κ1) is 15.4. The number of hydrogen-bond acceptors (Lipinski definition) is 2. The fourth-order valence-corrected chi connectivity index (χ4v) is 2.23. The van der Waals surface area contributed by atoms with E-state index in [2.05, 4.69) is 29.3 Å². The molecule has 0 aromatic heterocycles. The van der Waals surface area contributed by atoms with E-state index in [0.29, 0.717) is 0 Å². The number of benzene rings is 2. The van der Waals surface area contributed by atoms with Gasteiger partial charge in [0.15, 0.2) is 0 Å². The molecule has 110 valence electrons. The Labute approximate surface area is 130 Å². The highest BCUT2D eigenvalue weighted by atomic mass is 35.5. The fourth-order valence-electron chi connectivity index (χ4n) is 2.16. The average Bonchev–Trinajstić information content (AvgIpc) is 2.53. The number of nitrogens with zero attached hydrogens (tertiary/aromatic N) is 1. The summed E-state index contributed by atoms with van der Waals surface area (Å²) >= 11 is 5.52. The third-order valence-electron chi connectivity index (χ3n) is 3.21. The minimum Gasteiger partial charge on any atom is -0.367 e. The van der Waals surface area contributed by atoms with Crippen molar-refractivity contribution in [2.75, 3.05) is 22.6 Å². The maximum Gasteiger partial charge on any atom is 0.239 e. The number of anilines is 2. The summed E-state index contributed by atoms with van der Waals surface area (Å²) in [5, 5.41) is 2.78. The molecule has 2 aromatic rings. The molecule has 2 rings (SSSR count). The van der Waals surface area contributed by atoms with Gasteiger partial charge >= 0.3 is 0 Å². The Bertz CT molecular complexity index is 586. The molecule has 0 spiro atoms. The standard InChI is InChI=1S/C17H19ClN2O/c1-2-20(13-14-7-4-3-5-8-14)16-10-6-9-15(11-16)19-17(21)12-18/h3-11H,2,12-13H2,1H3,(H,19,21). The zero-order valence-electron chi connectivity index (χ0n) is 12.1. The lowest BCUT2D eigenvalue weighted by Gasteiger charge is -2.24. The number of alkyl halides is 1. The first-order chi connectivity index (χ1) is 10.2. The van der Waals surface area contributed by atoms with Crippen LogP contribution in [0.15, 0.2) is 54.6 Å². The predicted molar refractivity (Wildman–Crippen MR) is 89.0 cm³/mol. The lowest BCUT2D eigenvalue weighted by atomic mass is 10.2. The second-order valence-corrected chi connectivity index (χ2v) is 5.00. The van der Waals surface area contributed by atoms with E-state index in [1.54, 1.807) is 0 Å². The van der Waals surface area contributed by atoms with E-state index in [4.69, 9.17) is 11.6 Å². The van der Waals surface area contributed by atoms with Gasteiger partial charge in [0.2, 0.25) is 5.91 Å². The van der Waals surface area contributed by atoms with Gasteiger partial charge in [-0.25, -0.2) is 0 Å². The van der Waals surface area contributed by atoms with Crippen LogP contribution >= 0.6 is 11.6 Å². The molecule has 0 radical (unpaired) electrons. The van der Waals surface area contributed by atoms with Gasteiger partial charge in [-0.1, -0.05) is 36.4 Å². The average molecular weight is 303 g/mol. The van der Waals surface area contributed by atoms with Crippen molar-refractivity contribution in [3.8, 4) is 0 Å². The normalized spacial score (nSPS) is 10.2. The van der Waals surface area contributed by atoms with Crippen LogP contribution in [0.4, 0.5) is 11.4 Å². The summed E-state index contributed by atoms with van der Waals surface area (Å²) < 4.78 is 0. The van der Waals surface area contributed by atoms with E-state index in [1.807, 2.05) is 42.5 Å². The van der Waals surface area contributed by atoms with Crippen molar-refractivity contribution in [3.05, 3.63) is 60.2 Å². The fraction of sp³-hybridized carbons (Fsp3) is 0.235. The van der Waals surface area contributed by atoms with E-state index in [1.165, 1.54) is 5.56 Å². The summed E-state index contributed by atoms with van der Waals surface area (Å²) in [5.74, 6) is -0.230. The van der Waals surface area contributed by atoms with Crippen LogP contribution in [-0.2, 0) is 11.3 Å². The van der Waals surface area contributed by atoms with E-state index in [9.17, 15) is 4.79 Å².